The van der Waals surface area contributed by atoms with Gasteiger partial charge in [0.15, 0.2) is 5.41 Å². The Bertz CT molecular complexity index is 582. The molecule has 27 heavy (non-hydrogen) atoms. The molecule has 0 atom stereocenters. The number of carbonyl (C=O) groups excluding carboxylic acids is 3. The van der Waals surface area contributed by atoms with Crippen molar-refractivity contribution in [2.24, 2.45) is 5.41 Å². The second kappa shape index (κ2) is 12.1. The van der Waals surface area contributed by atoms with Gasteiger partial charge in [0.05, 0.1) is 13.2 Å². The molecule has 0 aliphatic heterocycles. The molecule has 0 fully saturated rings. The van der Waals surface area contributed by atoms with E-state index in [1.54, 1.807) is 13.8 Å². The van der Waals surface area contributed by atoms with Crippen LogP contribution in [0.4, 0.5) is 0 Å². The van der Waals surface area contributed by atoms with Gasteiger partial charge in [-0.05, 0) is 32.3 Å². The molecule has 1 amide bonds. The average Bonchev–Trinajstić information content (AvgIpc) is 2.68. The SMILES string of the molecule is CCCCC(CCC(=O)NCc1ccccc1)(C(=O)OCC)C(=O)OCC. The predicted octanol–water partition coefficient (Wildman–Crippen LogP) is 3.39. The van der Waals surface area contributed by atoms with Gasteiger partial charge in [-0.2, -0.15) is 0 Å². The summed E-state index contributed by atoms with van der Waals surface area (Å²) in [4.78, 5) is 37.5. The molecule has 6 heteroatoms. The lowest BCUT2D eigenvalue weighted by Gasteiger charge is -2.29. The summed E-state index contributed by atoms with van der Waals surface area (Å²) in [7, 11) is 0. The molecule has 1 N–H and O–H groups in total. The molecule has 6 nitrogen and oxygen atoms in total. The van der Waals surface area contributed by atoms with E-state index in [4.69, 9.17) is 9.47 Å². The smallest absolute Gasteiger partial charge is 0.323 e. The van der Waals surface area contributed by atoms with Crippen LogP contribution in [0.1, 0.15) is 58.4 Å². The minimum atomic E-state index is -1.42. The molecule has 0 spiro atoms. The minimum Gasteiger partial charge on any atom is -0.465 e. The van der Waals surface area contributed by atoms with Gasteiger partial charge in [0, 0.05) is 13.0 Å². The molecule has 0 aliphatic rings. The molecule has 0 radical (unpaired) electrons. The first-order chi connectivity index (χ1) is 13.0. The zero-order chi connectivity index (χ0) is 20.1. The second-order valence-corrected chi connectivity index (χ2v) is 6.39. The van der Waals surface area contributed by atoms with Gasteiger partial charge < -0.3 is 14.8 Å². The number of benzene rings is 1. The van der Waals surface area contributed by atoms with Gasteiger partial charge in [-0.15, -0.1) is 0 Å². The molecule has 150 valence electrons. The first-order valence-corrected chi connectivity index (χ1v) is 9.65. The van der Waals surface area contributed by atoms with Crippen molar-refractivity contribution in [3.63, 3.8) is 0 Å². The molecule has 1 aromatic carbocycles. The van der Waals surface area contributed by atoms with Crippen molar-refractivity contribution in [1.82, 2.24) is 5.32 Å². The van der Waals surface area contributed by atoms with E-state index in [0.29, 0.717) is 19.4 Å². The minimum absolute atomic E-state index is 0.0498. The van der Waals surface area contributed by atoms with Crippen molar-refractivity contribution in [3.8, 4) is 0 Å². The van der Waals surface area contributed by atoms with Crippen LogP contribution in [-0.4, -0.2) is 31.1 Å². The maximum atomic E-state index is 12.6. The Labute approximate surface area is 161 Å². The number of carbonyl (C=O) groups is 3. The number of hydrogen-bond acceptors (Lipinski definition) is 5. The highest BCUT2D eigenvalue weighted by Gasteiger charge is 2.48. The summed E-state index contributed by atoms with van der Waals surface area (Å²) in [6, 6.07) is 9.55. The van der Waals surface area contributed by atoms with E-state index in [1.165, 1.54) is 0 Å². The predicted molar refractivity (Wildman–Crippen MR) is 103 cm³/mol. The summed E-state index contributed by atoms with van der Waals surface area (Å²) >= 11 is 0. The van der Waals surface area contributed by atoms with E-state index in [9.17, 15) is 14.4 Å². The Kier molecular flexibility index (Phi) is 10.2. The lowest BCUT2D eigenvalue weighted by Crippen LogP contribution is -2.43. The van der Waals surface area contributed by atoms with Crippen LogP contribution >= 0.6 is 0 Å². The van der Waals surface area contributed by atoms with Crippen LogP contribution in [0.5, 0.6) is 0 Å². The molecule has 1 rings (SSSR count). The fourth-order valence-corrected chi connectivity index (χ4v) is 2.85. The van der Waals surface area contributed by atoms with E-state index in [0.717, 1.165) is 12.0 Å². The van der Waals surface area contributed by atoms with E-state index >= 15 is 0 Å². The van der Waals surface area contributed by atoms with Crippen molar-refractivity contribution >= 4 is 17.8 Å². The zero-order valence-corrected chi connectivity index (χ0v) is 16.6. The summed E-state index contributed by atoms with van der Waals surface area (Å²) in [6.45, 7) is 6.12. The Balaban J connectivity index is 2.82. The molecule has 0 aliphatic carbocycles. The first kappa shape index (κ1) is 22.7. The van der Waals surface area contributed by atoms with E-state index in [2.05, 4.69) is 5.32 Å². The molecular formula is C21H31NO5. The van der Waals surface area contributed by atoms with Crippen LogP contribution in [0.25, 0.3) is 0 Å². The largest absolute Gasteiger partial charge is 0.465 e. The molecular weight excluding hydrogens is 346 g/mol. The molecule has 0 saturated carbocycles. The quantitative estimate of drug-likeness (QED) is 0.446. The summed E-state index contributed by atoms with van der Waals surface area (Å²) in [6.07, 6.45) is 1.93. The van der Waals surface area contributed by atoms with Crippen LogP contribution in [0.15, 0.2) is 30.3 Å². The fraction of sp³-hybridized carbons (Fsp3) is 0.571. The van der Waals surface area contributed by atoms with Gasteiger partial charge in [0.2, 0.25) is 5.91 Å². The normalized spacial score (nSPS) is 10.9. The van der Waals surface area contributed by atoms with E-state index < -0.39 is 17.4 Å². The summed E-state index contributed by atoms with van der Waals surface area (Å²) in [5, 5.41) is 2.83. The number of ether oxygens (including phenoxy) is 2. The lowest BCUT2D eigenvalue weighted by atomic mass is 9.78. The maximum absolute atomic E-state index is 12.6. The Morgan fingerprint density at radius 2 is 1.52 bits per heavy atom. The number of unbranched alkanes of at least 4 members (excludes halogenated alkanes) is 1. The van der Waals surface area contributed by atoms with Gasteiger partial charge in [0.1, 0.15) is 0 Å². The van der Waals surface area contributed by atoms with Crippen LogP contribution in [0, 0.1) is 5.41 Å². The maximum Gasteiger partial charge on any atom is 0.323 e. The number of esters is 2. The van der Waals surface area contributed by atoms with Crippen LogP contribution in [0.2, 0.25) is 0 Å². The van der Waals surface area contributed by atoms with Gasteiger partial charge in [0.25, 0.3) is 0 Å². The highest BCUT2D eigenvalue weighted by atomic mass is 16.6. The highest BCUT2D eigenvalue weighted by molar-refractivity contribution is 6.00. The molecule has 0 heterocycles. The molecule has 0 bridgehead atoms. The summed E-state index contributed by atoms with van der Waals surface area (Å²) in [5.41, 5.74) is -0.439. The highest BCUT2D eigenvalue weighted by Crippen LogP contribution is 2.34. The van der Waals surface area contributed by atoms with E-state index in [-0.39, 0.29) is 32.0 Å². The molecule has 0 unspecified atom stereocenters. The number of rotatable bonds is 12. The summed E-state index contributed by atoms with van der Waals surface area (Å²) < 4.78 is 10.3. The third kappa shape index (κ3) is 7.04. The standard InChI is InChI=1S/C21H31NO5/c1-4-7-14-21(19(24)26-5-2,20(25)27-6-3)15-13-18(23)22-16-17-11-9-8-10-12-17/h8-12H,4-7,13-16H2,1-3H3,(H,22,23). The topological polar surface area (TPSA) is 81.7 Å². The van der Waals surface area contributed by atoms with Crippen molar-refractivity contribution in [2.75, 3.05) is 13.2 Å². The van der Waals surface area contributed by atoms with Crippen molar-refractivity contribution in [1.29, 1.82) is 0 Å². The Hall–Kier alpha value is -2.37. The van der Waals surface area contributed by atoms with Gasteiger partial charge in [-0.1, -0.05) is 50.1 Å². The van der Waals surface area contributed by atoms with Crippen molar-refractivity contribution < 1.29 is 23.9 Å². The molecule has 0 aromatic heterocycles. The van der Waals surface area contributed by atoms with Gasteiger partial charge in [-0.25, -0.2) is 0 Å². The average molecular weight is 377 g/mol. The summed E-state index contributed by atoms with van der Waals surface area (Å²) in [5.74, 6) is -1.42. The molecule has 0 saturated heterocycles. The van der Waals surface area contributed by atoms with Crippen LogP contribution in [-0.2, 0) is 30.4 Å². The van der Waals surface area contributed by atoms with Crippen molar-refractivity contribution in [2.45, 2.75) is 59.4 Å². The Morgan fingerprint density at radius 3 is 2.04 bits per heavy atom. The van der Waals surface area contributed by atoms with Gasteiger partial charge in [-0.3, -0.25) is 14.4 Å². The zero-order valence-electron chi connectivity index (χ0n) is 16.6. The van der Waals surface area contributed by atoms with Crippen LogP contribution in [0.3, 0.4) is 0 Å². The monoisotopic (exact) mass is 377 g/mol. The fourth-order valence-electron chi connectivity index (χ4n) is 2.85. The Morgan fingerprint density at radius 1 is 0.926 bits per heavy atom. The molecule has 1 aromatic rings. The van der Waals surface area contributed by atoms with Crippen LogP contribution < -0.4 is 5.32 Å². The van der Waals surface area contributed by atoms with E-state index in [1.807, 2.05) is 37.3 Å². The first-order valence-electron chi connectivity index (χ1n) is 9.65. The number of amides is 1. The third-order valence-corrected chi connectivity index (χ3v) is 4.40. The third-order valence-electron chi connectivity index (χ3n) is 4.40. The lowest BCUT2D eigenvalue weighted by molar-refractivity contribution is -0.173. The second-order valence-electron chi connectivity index (χ2n) is 6.39. The number of nitrogens with one attached hydrogen (secondary N) is 1. The number of hydrogen-bond donors (Lipinski definition) is 1. The van der Waals surface area contributed by atoms with Crippen molar-refractivity contribution in [3.05, 3.63) is 35.9 Å². The van der Waals surface area contributed by atoms with Gasteiger partial charge >= 0.3 is 11.9 Å².